The Hall–Kier alpha value is -0.420. The second kappa shape index (κ2) is 6.50. The lowest BCUT2D eigenvalue weighted by molar-refractivity contribution is -0.131. The monoisotopic (exact) mass is 260 g/mol. The van der Waals surface area contributed by atoms with Gasteiger partial charge in [0.05, 0.1) is 5.41 Å². The Morgan fingerprint density at radius 2 is 1.88 bits per heavy atom. The Kier molecular flexibility index (Phi) is 5.59. The Morgan fingerprint density at radius 1 is 1.35 bits per heavy atom. The van der Waals surface area contributed by atoms with Crippen molar-refractivity contribution in [3.05, 3.63) is 0 Å². The first-order valence-corrected chi connectivity index (χ1v) is 7.92. The van der Waals surface area contributed by atoms with Crippen LogP contribution < -0.4 is 11.1 Å². The standard InChI is InChI=1S/C12H24N2O2S/c1-3-12(4-2,9-13)11(15)14-10-5-7-17(16)8-6-10/h10H,3-9,13H2,1-2H3,(H,14,15). The largest absolute Gasteiger partial charge is 0.353 e. The first-order valence-electron chi connectivity index (χ1n) is 6.44. The van der Waals surface area contributed by atoms with Crippen molar-refractivity contribution in [1.29, 1.82) is 0 Å². The highest BCUT2D eigenvalue weighted by molar-refractivity contribution is 7.85. The van der Waals surface area contributed by atoms with Crippen molar-refractivity contribution < 1.29 is 9.00 Å². The van der Waals surface area contributed by atoms with Crippen molar-refractivity contribution in [1.82, 2.24) is 5.32 Å². The zero-order chi connectivity index (χ0) is 12.9. The molecular formula is C12H24N2O2S. The molecule has 0 atom stereocenters. The van der Waals surface area contributed by atoms with Crippen LogP contribution in [0.15, 0.2) is 0 Å². The molecule has 1 saturated heterocycles. The van der Waals surface area contributed by atoms with Gasteiger partial charge in [0.25, 0.3) is 0 Å². The van der Waals surface area contributed by atoms with E-state index in [-0.39, 0.29) is 11.9 Å². The second-order valence-corrected chi connectivity index (χ2v) is 6.48. The highest BCUT2D eigenvalue weighted by atomic mass is 32.2. The summed E-state index contributed by atoms with van der Waals surface area (Å²) in [4.78, 5) is 12.2. The third-order valence-corrected chi connectivity index (χ3v) is 5.33. The molecule has 0 aliphatic carbocycles. The fourth-order valence-electron chi connectivity index (χ4n) is 2.23. The molecule has 0 spiro atoms. The zero-order valence-corrected chi connectivity index (χ0v) is 11.6. The van der Waals surface area contributed by atoms with Gasteiger partial charge in [0, 0.05) is 34.9 Å². The summed E-state index contributed by atoms with van der Waals surface area (Å²) in [6, 6.07) is 0.184. The van der Waals surface area contributed by atoms with E-state index >= 15 is 0 Å². The van der Waals surface area contributed by atoms with Gasteiger partial charge in [-0.1, -0.05) is 13.8 Å². The lowest BCUT2D eigenvalue weighted by atomic mass is 9.81. The van der Waals surface area contributed by atoms with E-state index in [9.17, 15) is 9.00 Å². The molecule has 4 nitrogen and oxygen atoms in total. The van der Waals surface area contributed by atoms with Crippen molar-refractivity contribution in [3.63, 3.8) is 0 Å². The third kappa shape index (κ3) is 3.52. The molecule has 0 unspecified atom stereocenters. The number of hydrogen-bond donors (Lipinski definition) is 2. The lowest BCUT2D eigenvalue weighted by Crippen LogP contribution is -2.50. The topological polar surface area (TPSA) is 72.2 Å². The van der Waals surface area contributed by atoms with E-state index in [4.69, 9.17) is 5.73 Å². The van der Waals surface area contributed by atoms with Gasteiger partial charge in [0.15, 0.2) is 0 Å². The van der Waals surface area contributed by atoms with E-state index in [1.165, 1.54) is 0 Å². The molecule has 1 rings (SSSR count). The fraction of sp³-hybridized carbons (Fsp3) is 0.917. The second-order valence-electron chi connectivity index (χ2n) is 4.79. The molecule has 0 radical (unpaired) electrons. The van der Waals surface area contributed by atoms with Crippen molar-refractivity contribution in [2.75, 3.05) is 18.1 Å². The summed E-state index contributed by atoms with van der Waals surface area (Å²) >= 11 is 0. The van der Waals surface area contributed by atoms with E-state index in [0.29, 0.717) is 18.1 Å². The van der Waals surface area contributed by atoms with E-state index in [2.05, 4.69) is 5.32 Å². The van der Waals surface area contributed by atoms with Gasteiger partial charge in [0.2, 0.25) is 5.91 Å². The van der Waals surface area contributed by atoms with Crippen molar-refractivity contribution >= 4 is 16.7 Å². The minimum absolute atomic E-state index is 0.0719. The molecule has 0 aromatic heterocycles. The molecule has 1 fully saturated rings. The summed E-state index contributed by atoms with van der Waals surface area (Å²) in [5, 5.41) is 3.08. The molecule has 0 aromatic carbocycles. The van der Waals surface area contributed by atoms with Crippen LogP contribution in [0, 0.1) is 5.41 Å². The molecular weight excluding hydrogens is 236 g/mol. The van der Waals surface area contributed by atoms with E-state index in [0.717, 1.165) is 25.7 Å². The minimum Gasteiger partial charge on any atom is -0.353 e. The highest BCUT2D eigenvalue weighted by Crippen LogP contribution is 2.25. The molecule has 3 N–H and O–H groups in total. The van der Waals surface area contributed by atoms with Crippen LogP contribution in [0.2, 0.25) is 0 Å². The lowest BCUT2D eigenvalue weighted by Gasteiger charge is -2.32. The molecule has 100 valence electrons. The van der Waals surface area contributed by atoms with Crippen LogP contribution in [0.1, 0.15) is 39.5 Å². The summed E-state index contributed by atoms with van der Waals surface area (Å²) in [7, 11) is -0.678. The van der Waals surface area contributed by atoms with Crippen LogP contribution in [0.25, 0.3) is 0 Å². The van der Waals surface area contributed by atoms with Crippen LogP contribution >= 0.6 is 0 Å². The van der Waals surface area contributed by atoms with E-state index < -0.39 is 16.2 Å². The minimum atomic E-state index is -0.678. The molecule has 0 bridgehead atoms. The number of amides is 1. The quantitative estimate of drug-likeness (QED) is 0.767. The molecule has 1 amide bonds. The van der Waals surface area contributed by atoms with E-state index in [1.54, 1.807) is 0 Å². The maximum atomic E-state index is 12.2. The Labute approximate surface area is 106 Å². The first-order chi connectivity index (χ1) is 8.07. The van der Waals surface area contributed by atoms with Crippen LogP contribution in [0.5, 0.6) is 0 Å². The summed E-state index contributed by atoms with van der Waals surface area (Å²) in [5.41, 5.74) is 5.33. The van der Waals surface area contributed by atoms with Gasteiger partial charge >= 0.3 is 0 Å². The summed E-state index contributed by atoms with van der Waals surface area (Å²) in [5.74, 6) is 1.49. The fourth-order valence-corrected chi connectivity index (χ4v) is 3.53. The van der Waals surface area contributed by atoms with Crippen LogP contribution in [0.4, 0.5) is 0 Å². The van der Waals surface area contributed by atoms with Gasteiger partial charge < -0.3 is 11.1 Å². The summed E-state index contributed by atoms with van der Waals surface area (Å²) < 4.78 is 11.2. The predicted molar refractivity (Wildman–Crippen MR) is 71.1 cm³/mol. The van der Waals surface area contributed by atoms with Crippen LogP contribution in [-0.4, -0.2) is 34.2 Å². The molecule has 0 saturated carbocycles. The molecule has 1 aliphatic heterocycles. The Morgan fingerprint density at radius 3 is 2.29 bits per heavy atom. The van der Waals surface area contributed by atoms with Crippen molar-refractivity contribution in [3.8, 4) is 0 Å². The number of carbonyl (C=O) groups excluding carboxylic acids is 1. The SMILES string of the molecule is CCC(CC)(CN)C(=O)NC1CCS(=O)CC1. The molecule has 5 heteroatoms. The van der Waals surface area contributed by atoms with Crippen LogP contribution in [0.3, 0.4) is 0 Å². The third-order valence-electron chi connectivity index (χ3n) is 3.95. The van der Waals surface area contributed by atoms with Gasteiger partial charge in [0.1, 0.15) is 0 Å². The normalized spacial score (nSPS) is 25.6. The summed E-state index contributed by atoms with van der Waals surface area (Å²) in [6.07, 6.45) is 3.19. The van der Waals surface area contributed by atoms with Gasteiger partial charge in [-0.05, 0) is 25.7 Å². The van der Waals surface area contributed by atoms with Crippen molar-refractivity contribution in [2.24, 2.45) is 11.1 Å². The highest BCUT2D eigenvalue weighted by Gasteiger charge is 2.34. The molecule has 1 heterocycles. The zero-order valence-electron chi connectivity index (χ0n) is 10.8. The number of rotatable bonds is 5. The Balaban J connectivity index is 2.55. The van der Waals surface area contributed by atoms with Crippen molar-refractivity contribution in [2.45, 2.75) is 45.6 Å². The first kappa shape index (κ1) is 14.6. The van der Waals surface area contributed by atoms with E-state index in [1.807, 2.05) is 13.8 Å². The number of nitrogens with two attached hydrogens (primary N) is 1. The molecule has 17 heavy (non-hydrogen) atoms. The number of hydrogen-bond acceptors (Lipinski definition) is 3. The maximum absolute atomic E-state index is 12.2. The summed E-state index contributed by atoms with van der Waals surface area (Å²) in [6.45, 7) is 4.40. The maximum Gasteiger partial charge on any atom is 0.227 e. The van der Waals surface area contributed by atoms with Gasteiger partial charge in [-0.2, -0.15) is 0 Å². The smallest absolute Gasteiger partial charge is 0.227 e. The number of nitrogens with one attached hydrogen (secondary N) is 1. The Bertz CT molecular complexity index is 272. The average Bonchev–Trinajstić information content (AvgIpc) is 2.35. The van der Waals surface area contributed by atoms with Gasteiger partial charge in [-0.3, -0.25) is 9.00 Å². The molecule has 0 aromatic rings. The van der Waals surface area contributed by atoms with Gasteiger partial charge in [-0.15, -0.1) is 0 Å². The van der Waals surface area contributed by atoms with Gasteiger partial charge in [-0.25, -0.2) is 0 Å². The molecule has 1 aliphatic rings. The predicted octanol–water partition coefficient (Wildman–Crippen LogP) is 0.779. The van der Waals surface area contributed by atoms with Crippen LogP contribution in [-0.2, 0) is 15.6 Å². The number of carbonyl (C=O) groups is 1. The average molecular weight is 260 g/mol.